The highest BCUT2D eigenvalue weighted by atomic mass is 28.4. The van der Waals surface area contributed by atoms with Crippen molar-refractivity contribution in [2.24, 2.45) is 0 Å². The number of carbonyl (C=O) groups excluding carboxylic acids is 1. The summed E-state index contributed by atoms with van der Waals surface area (Å²) < 4.78 is 6.30. The molecule has 0 atom stereocenters. The van der Waals surface area contributed by atoms with Crippen molar-refractivity contribution in [2.75, 3.05) is 0 Å². The number of benzene rings is 3. The van der Waals surface area contributed by atoms with Crippen molar-refractivity contribution >= 4 is 14.3 Å². The highest BCUT2D eigenvalue weighted by Gasteiger charge is 2.39. The second-order valence-electron chi connectivity index (χ2n) is 7.00. The van der Waals surface area contributed by atoms with Gasteiger partial charge >= 0.3 is 0 Å². The lowest BCUT2D eigenvalue weighted by Crippen LogP contribution is -2.48. The first kappa shape index (κ1) is 19.1. The van der Waals surface area contributed by atoms with Gasteiger partial charge in [0.2, 0.25) is 0 Å². The van der Waals surface area contributed by atoms with E-state index < -0.39 is 8.32 Å². The van der Waals surface area contributed by atoms with Crippen LogP contribution in [0.15, 0.2) is 91.0 Å². The first-order valence-corrected chi connectivity index (χ1v) is 12.1. The van der Waals surface area contributed by atoms with E-state index >= 15 is 0 Å². The van der Waals surface area contributed by atoms with Crippen molar-refractivity contribution in [3.63, 3.8) is 0 Å². The Labute approximate surface area is 163 Å². The van der Waals surface area contributed by atoms with Crippen molar-refractivity contribution in [3.05, 3.63) is 108 Å². The normalized spacial score (nSPS) is 11.1. The number of hydrogen-bond acceptors (Lipinski definition) is 2. The minimum Gasteiger partial charge on any atom is -0.518 e. The molecule has 0 radical (unpaired) electrons. The SMILES string of the molecule is CCC(=O)O[Si](Cc1ccccc1)(Cc1ccccc1)Cc1ccccc1. The lowest BCUT2D eigenvalue weighted by atomic mass is 10.2. The smallest absolute Gasteiger partial charge is 0.292 e. The molecule has 0 aromatic heterocycles. The van der Waals surface area contributed by atoms with Crippen molar-refractivity contribution in [1.82, 2.24) is 0 Å². The maximum atomic E-state index is 12.4. The summed E-state index contributed by atoms with van der Waals surface area (Å²) in [4.78, 5) is 12.4. The Morgan fingerprint density at radius 3 is 1.30 bits per heavy atom. The van der Waals surface area contributed by atoms with Crippen LogP contribution in [-0.4, -0.2) is 14.3 Å². The number of hydrogen-bond donors (Lipinski definition) is 0. The van der Waals surface area contributed by atoms with Crippen LogP contribution in [0.25, 0.3) is 0 Å². The summed E-state index contributed by atoms with van der Waals surface area (Å²) in [5.74, 6) is -0.0931. The van der Waals surface area contributed by atoms with E-state index in [9.17, 15) is 4.79 Å². The first-order valence-electron chi connectivity index (χ1n) is 9.53. The zero-order valence-electron chi connectivity index (χ0n) is 15.8. The molecular formula is C24H26O2Si. The van der Waals surface area contributed by atoms with Crippen LogP contribution >= 0.6 is 0 Å². The van der Waals surface area contributed by atoms with Gasteiger partial charge in [-0.1, -0.05) is 97.9 Å². The fourth-order valence-electron chi connectivity index (χ4n) is 3.51. The monoisotopic (exact) mass is 374 g/mol. The van der Waals surface area contributed by atoms with Gasteiger partial charge in [-0.3, -0.25) is 4.79 Å². The van der Waals surface area contributed by atoms with Gasteiger partial charge in [-0.05, 0) is 16.7 Å². The summed E-state index contributed by atoms with van der Waals surface area (Å²) in [6, 6.07) is 33.7. The Bertz CT molecular complexity index is 731. The molecule has 3 heteroatoms. The molecule has 0 saturated carbocycles. The van der Waals surface area contributed by atoms with Crippen molar-refractivity contribution in [3.8, 4) is 0 Å². The quantitative estimate of drug-likeness (QED) is 0.505. The molecule has 0 fully saturated rings. The standard InChI is InChI=1S/C24H26O2Si/c1-2-24(25)26-27(18-21-12-6-3-7-13-21,19-22-14-8-4-9-15-22)20-23-16-10-5-11-17-23/h3-17H,2,18-20H2,1H3. The summed E-state index contributed by atoms with van der Waals surface area (Å²) in [5, 5.41) is 0. The van der Waals surface area contributed by atoms with Gasteiger partial charge in [0.25, 0.3) is 14.3 Å². The Morgan fingerprint density at radius 1 is 0.667 bits per heavy atom. The molecule has 0 spiro atoms. The van der Waals surface area contributed by atoms with Gasteiger partial charge in [-0.15, -0.1) is 0 Å². The fourth-order valence-corrected chi connectivity index (χ4v) is 7.67. The highest BCUT2D eigenvalue weighted by molar-refractivity contribution is 6.73. The van der Waals surface area contributed by atoms with Crippen LogP contribution < -0.4 is 0 Å². The molecule has 0 aliphatic heterocycles. The molecule has 0 aliphatic rings. The molecule has 3 rings (SSSR count). The molecule has 3 aromatic rings. The van der Waals surface area contributed by atoms with Crippen LogP contribution in [0.5, 0.6) is 0 Å². The molecule has 0 heterocycles. The van der Waals surface area contributed by atoms with E-state index in [-0.39, 0.29) is 5.97 Å². The predicted octanol–water partition coefficient (Wildman–Crippen LogP) is 5.23. The Hall–Kier alpha value is -2.65. The zero-order valence-corrected chi connectivity index (χ0v) is 16.8. The Balaban J connectivity index is 1.99. The minimum atomic E-state index is -2.45. The zero-order chi connectivity index (χ0) is 19.0. The third kappa shape index (κ3) is 5.66. The Morgan fingerprint density at radius 2 is 1.00 bits per heavy atom. The summed E-state index contributed by atoms with van der Waals surface area (Å²) in [5.41, 5.74) is 3.71. The topological polar surface area (TPSA) is 26.3 Å². The maximum Gasteiger partial charge on any atom is 0.292 e. The largest absolute Gasteiger partial charge is 0.518 e. The lowest BCUT2D eigenvalue weighted by molar-refractivity contribution is -0.135. The third-order valence-electron chi connectivity index (χ3n) is 4.73. The first-order chi connectivity index (χ1) is 13.2. The van der Waals surface area contributed by atoms with Crippen LogP contribution in [0.1, 0.15) is 30.0 Å². The van der Waals surface area contributed by atoms with Gasteiger partial charge in [0, 0.05) is 24.6 Å². The third-order valence-corrected chi connectivity index (χ3v) is 8.54. The molecule has 27 heavy (non-hydrogen) atoms. The van der Waals surface area contributed by atoms with Crippen LogP contribution in [0.3, 0.4) is 0 Å². The fraction of sp³-hybridized carbons (Fsp3) is 0.208. The Kier molecular flexibility index (Phi) is 6.61. The van der Waals surface area contributed by atoms with Gasteiger partial charge < -0.3 is 4.43 Å². The van der Waals surface area contributed by atoms with Crippen molar-refractivity contribution < 1.29 is 9.22 Å². The number of carbonyl (C=O) groups is 1. The van der Waals surface area contributed by atoms with Crippen molar-refractivity contribution in [2.45, 2.75) is 31.5 Å². The van der Waals surface area contributed by atoms with Gasteiger partial charge in [-0.25, -0.2) is 0 Å². The molecule has 3 aromatic carbocycles. The van der Waals surface area contributed by atoms with E-state index in [0.717, 1.165) is 18.1 Å². The molecule has 0 aliphatic carbocycles. The van der Waals surface area contributed by atoms with Crippen LogP contribution in [0.4, 0.5) is 0 Å². The van der Waals surface area contributed by atoms with Gasteiger partial charge in [0.05, 0.1) is 0 Å². The summed E-state index contributed by atoms with van der Waals surface area (Å²) in [7, 11) is -2.45. The van der Waals surface area contributed by atoms with E-state index in [2.05, 4.69) is 72.8 Å². The average molecular weight is 375 g/mol. The van der Waals surface area contributed by atoms with Gasteiger partial charge in [-0.2, -0.15) is 0 Å². The maximum absolute atomic E-state index is 12.4. The van der Waals surface area contributed by atoms with E-state index in [4.69, 9.17) is 4.43 Å². The van der Waals surface area contributed by atoms with Gasteiger partial charge in [0.15, 0.2) is 0 Å². The van der Waals surface area contributed by atoms with Crippen LogP contribution in [0, 0.1) is 0 Å². The molecule has 0 bridgehead atoms. The van der Waals surface area contributed by atoms with E-state index in [0.29, 0.717) is 6.42 Å². The van der Waals surface area contributed by atoms with Crippen LogP contribution in [0.2, 0.25) is 0 Å². The molecule has 0 N–H and O–H groups in total. The highest BCUT2D eigenvalue weighted by Crippen LogP contribution is 2.24. The minimum absolute atomic E-state index is 0.0931. The molecule has 0 amide bonds. The summed E-state index contributed by atoms with van der Waals surface area (Å²) in [6.07, 6.45) is 0.410. The van der Waals surface area contributed by atoms with E-state index in [1.54, 1.807) is 0 Å². The summed E-state index contributed by atoms with van der Waals surface area (Å²) in [6.45, 7) is 1.87. The molecule has 0 unspecified atom stereocenters. The number of rotatable bonds is 8. The molecular weight excluding hydrogens is 348 g/mol. The second-order valence-corrected chi connectivity index (χ2v) is 10.6. The van der Waals surface area contributed by atoms with Crippen molar-refractivity contribution in [1.29, 1.82) is 0 Å². The van der Waals surface area contributed by atoms with Gasteiger partial charge in [0.1, 0.15) is 0 Å². The molecule has 0 saturated heterocycles. The predicted molar refractivity (Wildman–Crippen MR) is 113 cm³/mol. The summed E-state index contributed by atoms with van der Waals surface area (Å²) >= 11 is 0. The van der Waals surface area contributed by atoms with E-state index in [1.807, 2.05) is 25.1 Å². The molecule has 138 valence electrons. The van der Waals surface area contributed by atoms with Crippen LogP contribution in [-0.2, 0) is 27.4 Å². The van der Waals surface area contributed by atoms with E-state index in [1.165, 1.54) is 16.7 Å². The second kappa shape index (κ2) is 9.33. The average Bonchev–Trinajstić information content (AvgIpc) is 2.70. The lowest BCUT2D eigenvalue weighted by Gasteiger charge is -2.32. The molecule has 2 nitrogen and oxygen atoms in total.